The molecule has 0 spiro atoms. The minimum atomic E-state index is -1.54. The maximum atomic E-state index is 12.0. The van der Waals surface area contributed by atoms with Gasteiger partial charge in [-0.2, -0.15) is 0 Å². The molecule has 2 aromatic carbocycles. The van der Waals surface area contributed by atoms with Crippen LogP contribution in [0.3, 0.4) is 0 Å². The fraction of sp³-hybridized carbons (Fsp3) is 0.0667. The second-order valence-corrected chi connectivity index (χ2v) is 5.80. The number of hydrogen-bond donors (Lipinski definition) is 2. The molecule has 1 unspecified atom stereocenters. The Bertz CT molecular complexity index is 744. The first-order chi connectivity index (χ1) is 10.1. The third-order valence-electron chi connectivity index (χ3n) is 3.10. The van der Waals surface area contributed by atoms with Crippen molar-refractivity contribution in [3.8, 4) is 0 Å². The van der Waals surface area contributed by atoms with E-state index < -0.39 is 11.0 Å². The van der Waals surface area contributed by atoms with Crippen LogP contribution in [0.5, 0.6) is 0 Å². The van der Waals surface area contributed by atoms with Crippen molar-refractivity contribution < 1.29 is 13.8 Å². The Morgan fingerprint density at radius 1 is 1.14 bits per heavy atom. The predicted molar refractivity (Wildman–Crippen MR) is 79.1 cm³/mol. The summed E-state index contributed by atoms with van der Waals surface area (Å²) in [6.45, 7) is 0. The number of nitrogens with one attached hydrogen (secondary N) is 2. The van der Waals surface area contributed by atoms with E-state index in [1.165, 1.54) is 0 Å². The van der Waals surface area contributed by atoms with Gasteiger partial charge in [0.1, 0.15) is 0 Å². The highest BCUT2D eigenvalue weighted by atomic mass is 32.2. The first-order valence-electron chi connectivity index (χ1n) is 6.34. The minimum absolute atomic E-state index is 0.163. The molecule has 1 aliphatic heterocycles. The molecule has 0 fully saturated rings. The van der Waals surface area contributed by atoms with Crippen molar-refractivity contribution in [1.82, 2.24) is 4.72 Å². The van der Waals surface area contributed by atoms with Gasteiger partial charge in [0.25, 0.3) is 5.91 Å². The van der Waals surface area contributed by atoms with Crippen LogP contribution in [0.1, 0.15) is 15.9 Å². The highest BCUT2D eigenvalue weighted by Gasteiger charge is 2.25. The molecule has 6 heteroatoms. The van der Waals surface area contributed by atoms with Gasteiger partial charge in [0.05, 0.1) is 16.9 Å². The van der Waals surface area contributed by atoms with Crippen LogP contribution in [-0.2, 0) is 22.2 Å². The van der Waals surface area contributed by atoms with Gasteiger partial charge in [-0.25, -0.2) is 4.21 Å². The molecule has 2 aromatic rings. The van der Waals surface area contributed by atoms with E-state index in [9.17, 15) is 13.8 Å². The zero-order chi connectivity index (χ0) is 14.8. The Morgan fingerprint density at radius 2 is 1.90 bits per heavy atom. The molecule has 0 saturated heterocycles. The van der Waals surface area contributed by atoms with E-state index in [1.54, 1.807) is 18.2 Å². The van der Waals surface area contributed by atoms with Gasteiger partial charge in [0.2, 0.25) is 5.91 Å². The zero-order valence-corrected chi connectivity index (χ0v) is 11.8. The van der Waals surface area contributed by atoms with Gasteiger partial charge in [-0.15, -0.1) is 0 Å². The summed E-state index contributed by atoms with van der Waals surface area (Å²) in [5.74, 6) is -0.519. The lowest BCUT2D eigenvalue weighted by atomic mass is 10.1. The van der Waals surface area contributed by atoms with Crippen molar-refractivity contribution in [1.29, 1.82) is 0 Å². The zero-order valence-electron chi connectivity index (χ0n) is 11.0. The number of carbonyl (C=O) groups is 2. The number of hydrogen-bond acceptors (Lipinski definition) is 3. The number of fused-ring (bicyclic) bond motifs is 1. The lowest BCUT2D eigenvalue weighted by molar-refractivity contribution is -0.115. The first-order valence-corrected chi connectivity index (χ1v) is 7.49. The lowest BCUT2D eigenvalue weighted by Crippen LogP contribution is -2.15. The molecular formula is C15H12N2O3S. The van der Waals surface area contributed by atoms with Crippen molar-refractivity contribution in [2.45, 2.75) is 11.3 Å². The highest BCUT2D eigenvalue weighted by Crippen LogP contribution is 2.23. The van der Waals surface area contributed by atoms with Crippen molar-refractivity contribution in [2.75, 3.05) is 5.32 Å². The normalized spacial score (nSPS) is 16.2. The maximum Gasteiger partial charge on any atom is 0.264 e. The van der Waals surface area contributed by atoms with E-state index in [0.717, 1.165) is 5.56 Å². The molecule has 0 saturated carbocycles. The average Bonchev–Trinajstić information content (AvgIpc) is 2.74. The molecule has 0 aromatic heterocycles. The van der Waals surface area contributed by atoms with Crippen LogP contribution in [0.4, 0.5) is 5.69 Å². The van der Waals surface area contributed by atoms with Crippen LogP contribution in [0.2, 0.25) is 0 Å². The average molecular weight is 300 g/mol. The van der Waals surface area contributed by atoms with Crippen LogP contribution in [0.25, 0.3) is 0 Å². The van der Waals surface area contributed by atoms with Crippen molar-refractivity contribution in [2.24, 2.45) is 0 Å². The van der Waals surface area contributed by atoms with E-state index >= 15 is 0 Å². The minimum Gasteiger partial charge on any atom is -0.326 e. The highest BCUT2D eigenvalue weighted by molar-refractivity contribution is 7.84. The number of anilines is 1. The van der Waals surface area contributed by atoms with E-state index in [1.807, 2.05) is 30.3 Å². The summed E-state index contributed by atoms with van der Waals surface area (Å²) in [6, 6.07) is 14.1. The third-order valence-corrected chi connectivity index (χ3v) is 4.21. The Morgan fingerprint density at radius 3 is 2.67 bits per heavy atom. The van der Waals surface area contributed by atoms with Gasteiger partial charge in [-0.1, -0.05) is 30.3 Å². The SMILES string of the molecule is O=C(Cc1ccccc1)Nc1ccc2c(c1)S(=O)NC2=O. The summed E-state index contributed by atoms with van der Waals surface area (Å²) in [7, 11) is -1.54. The van der Waals surface area contributed by atoms with Crippen LogP contribution in [0, 0.1) is 0 Å². The smallest absolute Gasteiger partial charge is 0.264 e. The lowest BCUT2D eigenvalue weighted by Gasteiger charge is -2.06. The van der Waals surface area contributed by atoms with Crippen LogP contribution < -0.4 is 10.0 Å². The second-order valence-electron chi connectivity index (χ2n) is 4.62. The largest absolute Gasteiger partial charge is 0.326 e. The first kappa shape index (κ1) is 13.5. The summed E-state index contributed by atoms with van der Waals surface area (Å²) < 4.78 is 14.0. The van der Waals surface area contributed by atoms with Gasteiger partial charge in [0, 0.05) is 5.69 Å². The van der Waals surface area contributed by atoms with Gasteiger partial charge >= 0.3 is 0 Å². The van der Waals surface area contributed by atoms with Gasteiger partial charge < -0.3 is 5.32 Å². The Balaban J connectivity index is 1.74. The Hall–Kier alpha value is -2.47. The Labute approximate surface area is 124 Å². The van der Waals surface area contributed by atoms with Crippen LogP contribution >= 0.6 is 0 Å². The fourth-order valence-electron chi connectivity index (χ4n) is 2.12. The summed E-state index contributed by atoms with van der Waals surface area (Å²) >= 11 is 0. The fourth-order valence-corrected chi connectivity index (χ4v) is 3.10. The van der Waals surface area contributed by atoms with Crippen LogP contribution in [0.15, 0.2) is 53.4 Å². The van der Waals surface area contributed by atoms with Gasteiger partial charge in [0.15, 0.2) is 11.0 Å². The molecule has 5 nitrogen and oxygen atoms in total. The molecular weight excluding hydrogens is 288 g/mol. The quantitative estimate of drug-likeness (QED) is 0.904. The molecule has 1 atom stereocenters. The molecule has 2 N–H and O–H groups in total. The topological polar surface area (TPSA) is 75.3 Å². The summed E-state index contributed by atoms with van der Waals surface area (Å²) in [6.07, 6.45) is 0.262. The standard InChI is InChI=1S/C15H12N2O3S/c18-14(8-10-4-2-1-3-5-10)16-11-6-7-12-13(9-11)21(20)17-15(12)19/h1-7,9H,8H2,(H,16,18)(H,17,19). The maximum absolute atomic E-state index is 12.0. The van der Waals surface area contributed by atoms with Gasteiger partial charge in [-0.05, 0) is 23.8 Å². The monoisotopic (exact) mass is 300 g/mol. The van der Waals surface area contributed by atoms with Crippen molar-refractivity contribution in [3.05, 3.63) is 59.7 Å². The summed E-state index contributed by atoms with van der Waals surface area (Å²) in [4.78, 5) is 23.8. The molecule has 3 rings (SSSR count). The second kappa shape index (κ2) is 5.49. The number of benzene rings is 2. The molecule has 0 radical (unpaired) electrons. The summed E-state index contributed by atoms with van der Waals surface area (Å²) in [5, 5.41) is 2.74. The van der Waals surface area contributed by atoms with E-state index in [2.05, 4.69) is 10.0 Å². The van der Waals surface area contributed by atoms with E-state index in [4.69, 9.17) is 0 Å². The summed E-state index contributed by atoms with van der Waals surface area (Å²) in [5.41, 5.74) is 1.82. The van der Waals surface area contributed by atoms with Crippen molar-refractivity contribution in [3.63, 3.8) is 0 Å². The third kappa shape index (κ3) is 2.85. The number of rotatable bonds is 3. The molecule has 106 valence electrons. The molecule has 1 heterocycles. The molecule has 1 aliphatic rings. The number of amides is 2. The van der Waals surface area contributed by atoms with Crippen molar-refractivity contribution >= 4 is 28.5 Å². The molecule has 21 heavy (non-hydrogen) atoms. The number of carbonyl (C=O) groups excluding carboxylic acids is 2. The Kier molecular flexibility index (Phi) is 3.53. The van der Waals surface area contributed by atoms with E-state index in [0.29, 0.717) is 16.1 Å². The molecule has 0 aliphatic carbocycles. The van der Waals surface area contributed by atoms with E-state index in [-0.39, 0.29) is 18.2 Å². The van der Waals surface area contributed by atoms with Gasteiger partial charge in [-0.3, -0.25) is 14.3 Å². The predicted octanol–water partition coefficient (Wildman–Crippen LogP) is 1.63. The molecule has 0 bridgehead atoms. The van der Waals surface area contributed by atoms with Crippen LogP contribution in [-0.4, -0.2) is 16.0 Å². The molecule has 2 amide bonds.